The number of nitrogens with two attached hydrogens (primary N) is 1. The summed E-state index contributed by atoms with van der Waals surface area (Å²) in [4.78, 5) is 4.34. The second-order valence-electron chi connectivity index (χ2n) is 8.13. The molecule has 1 aliphatic carbocycles. The Balaban J connectivity index is 1.56. The van der Waals surface area contributed by atoms with Crippen molar-refractivity contribution in [2.75, 3.05) is 12.8 Å². The summed E-state index contributed by atoms with van der Waals surface area (Å²) in [7, 11) is 1.63. The second kappa shape index (κ2) is 8.51. The summed E-state index contributed by atoms with van der Waals surface area (Å²) in [5.74, 6) is 2.59. The Morgan fingerprint density at radius 2 is 1.66 bits per heavy atom. The minimum Gasteiger partial charge on any atom is -0.493 e. The first-order valence-electron chi connectivity index (χ1n) is 10.9. The maximum Gasteiger partial charge on any atom is 0.163 e. The van der Waals surface area contributed by atoms with Gasteiger partial charge < -0.3 is 20.3 Å². The van der Waals surface area contributed by atoms with Gasteiger partial charge in [-0.3, -0.25) is 4.68 Å². The lowest BCUT2D eigenvalue weighted by atomic mass is 9.93. The van der Waals surface area contributed by atoms with E-state index < -0.39 is 0 Å². The smallest absolute Gasteiger partial charge is 0.163 e. The number of nitrogens with zero attached hydrogens (tertiary/aromatic N) is 3. The van der Waals surface area contributed by atoms with Crippen LogP contribution in [0.25, 0.3) is 22.2 Å². The van der Waals surface area contributed by atoms with Gasteiger partial charge in [-0.1, -0.05) is 18.2 Å². The van der Waals surface area contributed by atoms with Crippen molar-refractivity contribution in [1.82, 2.24) is 14.8 Å². The highest BCUT2D eigenvalue weighted by molar-refractivity contribution is 6.03. The molecule has 2 aromatic heterocycles. The molecule has 164 valence electrons. The first-order chi connectivity index (χ1) is 15.6. The molecule has 2 aromatic carbocycles. The Morgan fingerprint density at radius 1 is 0.969 bits per heavy atom. The molecule has 0 radical (unpaired) electrons. The molecule has 1 fully saturated rings. The highest BCUT2D eigenvalue weighted by Crippen LogP contribution is 2.40. The molecule has 0 spiro atoms. The second-order valence-corrected chi connectivity index (χ2v) is 8.13. The third-order valence-electron chi connectivity index (χ3n) is 6.06. The van der Waals surface area contributed by atoms with Crippen LogP contribution in [0.15, 0.2) is 60.8 Å². The minimum absolute atomic E-state index is 0.172. The highest BCUT2D eigenvalue weighted by Gasteiger charge is 2.27. The molecular weight excluding hydrogens is 404 g/mol. The van der Waals surface area contributed by atoms with Crippen molar-refractivity contribution in [3.05, 3.63) is 60.8 Å². The summed E-state index contributed by atoms with van der Waals surface area (Å²) < 4.78 is 13.6. The fourth-order valence-corrected chi connectivity index (χ4v) is 4.39. The fraction of sp³-hybridized carbons (Fsp3) is 0.280. The highest BCUT2D eigenvalue weighted by atomic mass is 16.5. The van der Waals surface area contributed by atoms with Crippen molar-refractivity contribution < 1.29 is 14.6 Å². The third kappa shape index (κ3) is 3.76. The predicted molar refractivity (Wildman–Crippen MR) is 124 cm³/mol. The Hall–Kier alpha value is -3.58. The molecule has 0 unspecified atom stereocenters. The number of aliphatic hydroxyl groups is 1. The number of benzene rings is 2. The monoisotopic (exact) mass is 430 g/mol. The van der Waals surface area contributed by atoms with Gasteiger partial charge in [-0.15, -0.1) is 0 Å². The Labute approximate surface area is 186 Å². The van der Waals surface area contributed by atoms with Gasteiger partial charge in [0.25, 0.3) is 0 Å². The number of hydrogen-bond donors (Lipinski definition) is 2. The maximum atomic E-state index is 9.95. The topological polar surface area (TPSA) is 95.4 Å². The van der Waals surface area contributed by atoms with E-state index >= 15 is 0 Å². The van der Waals surface area contributed by atoms with E-state index in [4.69, 9.17) is 20.3 Å². The lowest BCUT2D eigenvalue weighted by molar-refractivity contribution is 0.109. The van der Waals surface area contributed by atoms with Gasteiger partial charge in [-0.2, -0.15) is 5.10 Å². The molecule has 3 N–H and O–H groups in total. The molecule has 5 rings (SSSR count). The van der Waals surface area contributed by atoms with Crippen molar-refractivity contribution in [3.63, 3.8) is 0 Å². The van der Waals surface area contributed by atoms with Gasteiger partial charge in [0.2, 0.25) is 0 Å². The van der Waals surface area contributed by atoms with E-state index in [1.54, 1.807) is 13.3 Å². The van der Waals surface area contributed by atoms with Crippen molar-refractivity contribution in [2.24, 2.45) is 0 Å². The van der Waals surface area contributed by atoms with Gasteiger partial charge in [-0.05, 0) is 62.1 Å². The lowest BCUT2D eigenvalue weighted by Crippen LogP contribution is -2.22. The summed E-state index contributed by atoms with van der Waals surface area (Å²) in [6.07, 6.45) is 4.64. The van der Waals surface area contributed by atoms with Crippen LogP contribution in [0.5, 0.6) is 17.2 Å². The third-order valence-corrected chi connectivity index (χ3v) is 6.06. The molecule has 0 amide bonds. The van der Waals surface area contributed by atoms with Gasteiger partial charge in [-0.25, -0.2) is 4.98 Å². The normalized spacial score (nSPS) is 18.6. The molecule has 0 aliphatic heterocycles. The number of methoxy groups -OCH3 is 1. The van der Waals surface area contributed by atoms with Gasteiger partial charge in [0.05, 0.1) is 30.8 Å². The molecule has 1 saturated carbocycles. The Kier molecular flexibility index (Phi) is 5.41. The summed E-state index contributed by atoms with van der Waals surface area (Å²) in [6, 6.07) is 17.7. The summed E-state index contributed by atoms with van der Waals surface area (Å²) in [5, 5.41) is 15.7. The van der Waals surface area contributed by atoms with Crippen LogP contribution < -0.4 is 15.2 Å². The minimum atomic E-state index is -0.238. The first kappa shape index (κ1) is 20.3. The van der Waals surface area contributed by atoms with Gasteiger partial charge in [0.15, 0.2) is 5.75 Å². The number of aromatic nitrogens is 3. The molecular formula is C25H26N4O3. The number of rotatable bonds is 5. The number of pyridine rings is 1. The SMILES string of the molecule is COc1cnc(N)c2c(-c3ccc(Oc4ccccc4)cc3)nn(C3CCC(O)CC3)c12. The summed E-state index contributed by atoms with van der Waals surface area (Å²) >= 11 is 0. The van der Waals surface area contributed by atoms with E-state index in [1.165, 1.54) is 0 Å². The zero-order valence-corrected chi connectivity index (χ0v) is 17.9. The van der Waals surface area contributed by atoms with Crippen molar-refractivity contribution >= 4 is 16.7 Å². The summed E-state index contributed by atoms with van der Waals surface area (Å²) in [6.45, 7) is 0. The molecule has 32 heavy (non-hydrogen) atoms. The average Bonchev–Trinajstić information content (AvgIpc) is 3.23. The van der Waals surface area contributed by atoms with Crippen molar-refractivity contribution in [1.29, 1.82) is 0 Å². The molecule has 0 saturated heterocycles. The molecule has 0 atom stereocenters. The van der Waals surface area contributed by atoms with Crippen LogP contribution in [0.3, 0.4) is 0 Å². The van der Waals surface area contributed by atoms with Gasteiger partial charge in [0.1, 0.15) is 28.5 Å². The number of ether oxygens (including phenoxy) is 2. The maximum absolute atomic E-state index is 9.95. The van der Waals surface area contributed by atoms with Crippen LogP contribution in [0, 0.1) is 0 Å². The standard InChI is InChI=1S/C25H26N4O3/c1-31-21-15-27-25(26)22-23(28-29(24(21)22)17-9-11-18(30)12-10-17)16-7-13-20(14-8-16)32-19-5-3-2-4-6-19/h2-8,13-15,17-18,30H,9-12H2,1H3,(H2,26,27). The van der Waals surface area contributed by atoms with Crippen LogP contribution in [0.1, 0.15) is 31.7 Å². The number of hydrogen-bond acceptors (Lipinski definition) is 6. The zero-order valence-electron chi connectivity index (χ0n) is 17.9. The van der Waals surface area contributed by atoms with Gasteiger partial charge >= 0.3 is 0 Å². The van der Waals surface area contributed by atoms with E-state index in [0.717, 1.165) is 59.3 Å². The predicted octanol–water partition coefficient (Wildman–Crippen LogP) is 4.96. The molecule has 2 heterocycles. The molecule has 4 aromatic rings. The number of nitrogen functional groups attached to an aromatic ring is 1. The molecule has 7 heteroatoms. The molecule has 7 nitrogen and oxygen atoms in total. The number of para-hydroxylation sites is 1. The van der Waals surface area contributed by atoms with Crippen LogP contribution in [-0.2, 0) is 0 Å². The van der Waals surface area contributed by atoms with E-state index in [0.29, 0.717) is 11.6 Å². The van der Waals surface area contributed by atoms with Crippen LogP contribution in [0.4, 0.5) is 5.82 Å². The van der Waals surface area contributed by atoms with Gasteiger partial charge in [0, 0.05) is 5.56 Å². The largest absolute Gasteiger partial charge is 0.493 e. The van der Waals surface area contributed by atoms with Crippen molar-refractivity contribution in [2.45, 2.75) is 37.8 Å². The van der Waals surface area contributed by atoms with Crippen molar-refractivity contribution in [3.8, 4) is 28.5 Å². The van der Waals surface area contributed by atoms with E-state index in [2.05, 4.69) is 4.98 Å². The number of anilines is 1. The zero-order chi connectivity index (χ0) is 22.1. The quantitative estimate of drug-likeness (QED) is 0.465. The van der Waals surface area contributed by atoms with E-state index in [9.17, 15) is 5.11 Å². The Bertz CT molecular complexity index is 1210. The van der Waals surface area contributed by atoms with Crippen LogP contribution in [-0.4, -0.2) is 33.1 Å². The lowest BCUT2D eigenvalue weighted by Gasteiger charge is -2.26. The fourth-order valence-electron chi connectivity index (χ4n) is 4.39. The first-order valence-corrected chi connectivity index (χ1v) is 10.9. The van der Waals surface area contributed by atoms with E-state index in [1.807, 2.05) is 59.3 Å². The number of aliphatic hydroxyl groups excluding tert-OH is 1. The van der Waals surface area contributed by atoms with Crippen LogP contribution in [0.2, 0.25) is 0 Å². The summed E-state index contributed by atoms with van der Waals surface area (Å²) in [5.41, 5.74) is 8.87. The number of fused-ring (bicyclic) bond motifs is 1. The average molecular weight is 431 g/mol. The molecule has 0 bridgehead atoms. The van der Waals surface area contributed by atoms with E-state index in [-0.39, 0.29) is 12.1 Å². The Morgan fingerprint density at radius 3 is 2.34 bits per heavy atom. The molecule has 1 aliphatic rings. The van der Waals surface area contributed by atoms with Crippen LogP contribution >= 0.6 is 0 Å².